The van der Waals surface area contributed by atoms with Crippen LogP contribution in [0.2, 0.25) is 0 Å². The second-order valence-corrected chi connectivity index (χ2v) is 7.23. The zero-order valence-electron chi connectivity index (χ0n) is 15.9. The Bertz CT molecular complexity index is 1030. The SMILES string of the molecule is CCOC(=O)Cn1c(C)nc2sc(C)c(-c3ccc(OCC)cc3)c2c1=O. The molecule has 0 aliphatic heterocycles. The number of ether oxygens (including phenoxy) is 2. The summed E-state index contributed by atoms with van der Waals surface area (Å²) in [7, 11) is 0. The first-order valence-electron chi connectivity index (χ1n) is 8.85. The molecule has 0 aliphatic rings. The number of hydrogen-bond donors (Lipinski definition) is 0. The fourth-order valence-corrected chi connectivity index (χ4v) is 4.13. The monoisotopic (exact) mass is 386 g/mol. The Balaban J connectivity index is 2.14. The van der Waals surface area contributed by atoms with Gasteiger partial charge in [0.05, 0.1) is 18.6 Å². The normalized spacial score (nSPS) is 11.0. The Hall–Kier alpha value is -2.67. The Morgan fingerprint density at radius 2 is 1.85 bits per heavy atom. The lowest BCUT2D eigenvalue weighted by Crippen LogP contribution is -2.28. The van der Waals surface area contributed by atoms with Gasteiger partial charge in [0.1, 0.15) is 22.9 Å². The van der Waals surface area contributed by atoms with E-state index >= 15 is 0 Å². The fraction of sp³-hybridized carbons (Fsp3) is 0.350. The summed E-state index contributed by atoms with van der Waals surface area (Å²) in [6.07, 6.45) is 0. The van der Waals surface area contributed by atoms with Gasteiger partial charge in [-0.2, -0.15) is 0 Å². The van der Waals surface area contributed by atoms with Crippen LogP contribution in [-0.2, 0) is 16.1 Å². The highest BCUT2D eigenvalue weighted by Gasteiger charge is 2.20. The van der Waals surface area contributed by atoms with Crippen molar-refractivity contribution >= 4 is 27.5 Å². The number of aryl methyl sites for hydroxylation is 2. The molecule has 0 saturated heterocycles. The molecule has 0 radical (unpaired) electrons. The summed E-state index contributed by atoms with van der Waals surface area (Å²) in [4.78, 5) is 31.3. The number of esters is 1. The number of carbonyl (C=O) groups is 1. The first-order valence-corrected chi connectivity index (χ1v) is 9.67. The molecular weight excluding hydrogens is 364 g/mol. The van der Waals surface area contributed by atoms with Crippen LogP contribution >= 0.6 is 11.3 Å². The quantitative estimate of drug-likeness (QED) is 0.604. The summed E-state index contributed by atoms with van der Waals surface area (Å²) in [5.41, 5.74) is 1.56. The Kier molecular flexibility index (Phi) is 5.60. The molecule has 3 aromatic rings. The van der Waals surface area contributed by atoms with Gasteiger partial charge in [-0.25, -0.2) is 4.98 Å². The van der Waals surface area contributed by atoms with Crippen LogP contribution in [0.5, 0.6) is 5.75 Å². The Labute approximate surface area is 161 Å². The molecule has 0 unspecified atom stereocenters. The van der Waals surface area contributed by atoms with Crippen molar-refractivity contribution < 1.29 is 14.3 Å². The molecule has 0 spiro atoms. The summed E-state index contributed by atoms with van der Waals surface area (Å²) in [6, 6.07) is 7.66. The molecule has 2 heterocycles. The number of benzene rings is 1. The number of nitrogens with zero attached hydrogens (tertiary/aromatic N) is 2. The van der Waals surface area contributed by atoms with Crippen molar-refractivity contribution in [2.75, 3.05) is 13.2 Å². The zero-order chi connectivity index (χ0) is 19.6. The lowest BCUT2D eigenvalue weighted by atomic mass is 10.0. The molecule has 0 fully saturated rings. The van der Waals surface area contributed by atoms with Crippen molar-refractivity contribution in [3.05, 3.63) is 45.3 Å². The largest absolute Gasteiger partial charge is 0.494 e. The zero-order valence-corrected chi connectivity index (χ0v) is 16.7. The molecule has 0 aliphatic carbocycles. The van der Waals surface area contributed by atoms with Crippen LogP contribution in [0.1, 0.15) is 24.5 Å². The van der Waals surface area contributed by atoms with Gasteiger partial charge < -0.3 is 9.47 Å². The molecule has 0 N–H and O–H groups in total. The molecule has 0 amide bonds. The highest BCUT2D eigenvalue weighted by Crippen LogP contribution is 2.36. The van der Waals surface area contributed by atoms with Gasteiger partial charge in [0, 0.05) is 10.4 Å². The molecule has 1 aromatic carbocycles. The number of fused-ring (bicyclic) bond motifs is 1. The lowest BCUT2D eigenvalue weighted by Gasteiger charge is -2.10. The van der Waals surface area contributed by atoms with Crippen molar-refractivity contribution in [3.63, 3.8) is 0 Å². The number of carbonyl (C=O) groups excluding carboxylic acids is 1. The number of thiophene rings is 1. The van der Waals surface area contributed by atoms with Crippen LogP contribution in [-0.4, -0.2) is 28.7 Å². The third-order valence-corrected chi connectivity index (χ3v) is 5.22. The van der Waals surface area contributed by atoms with Gasteiger partial charge in [-0.05, 0) is 45.4 Å². The average molecular weight is 386 g/mol. The minimum Gasteiger partial charge on any atom is -0.494 e. The highest BCUT2D eigenvalue weighted by atomic mass is 32.1. The third-order valence-electron chi connectivity index (χ3n) is 4.23. The second-order valence-electron chi connectivity index (χ2n) is 6.03. The molecule has 6 nitrogen and oxygen atoms in total. The average Bonchev–Trinajstić information content (AvgIpc) is 2.96. The van der Waals surface area contributed by atoms with E-state index in [4.69, 9.17) is 9.47 Å². The van der Waals surface area contributed by atoms with Crippen LogP contribution in [0.15, 0.2) is 29.1 Å². The van der Waals surface area contributed by atoms with E-state index in [9.17, 15) is 9.59 Å². The molecule has 0 saturated carbocycles. The van der Waals surface area contributed by atoms with Gasteiger partial charge in [-0.15, -0.1) is 11.3 Å². The molecule has 142 valence electrons. The van der Waals surface area contributed by atoms with E-state index in [1.165, 1.54) is 15.9 Å². The predicted octanol–water partition coefficient (Wildman–Crippen LogP) is 3.70. The summed E-state index contributed by atoms with van der Waals surface area (Å²) >= 11 is 1.48. The maximum atomic E-state index is 13.2. The molecule has 7 heteroatoms. The second kappa shape index (κ2) is 7.92. The smallest absolute Gasteiger partial charge is 0.326 e. The lowest BCUT2D eigenvalue weighted by molar-refractivity contribution is -0.143. The molecule has 2 aromatic heterocycles. The topological polar surface area (TPSA) is 70.4 Å². The Morgan fingerprint density at radius 1 is 1.15 bits per heavy atom. The molecule has 27 heavy (non-hydrogen) atoms. The van der Waals surface area contributed by atoms with Crippen LogP contribution in [0.25, 0.3) is 21.3 Å². The van der Waals surface area contributed by atoms with Crippen LogP contribution in [0, 0.1) is 13.8 Å². The van der Waals surface area contributed by atoms with Crippen molar-refractivity contribution in [1.82, 2.24) is 9.55 Å². The van der Waals surface area contributed by atoms with E-state index in [1.807, 2.05) is 38.1 Å². The van der Waals surface area contributed by atoms with Gasteiger partial charge in [-0.1, -0.05) is 12.1 Å². The van der Waals surface area contributed by atoms with Crippen LogP contribution < -0.4 is 10.3 Å². The number of hydrogen-bond acceptors (Lipinski definition) is 6. The van der Waals surface area contributed by atoms with E-state index < -0.39 is 5.97 Å². The fourth-order valence-electron chi connectivity index (χ4n) is 3.05. The van der Waals surface area contributed by atoms with E-state index in [0.29, 0.717) is 22.6 Å². The van der Waals surface area contributed by atoms with Crippen LogP contribution in [0.4, 0.5) is 0 Å². The summed E-state index contributed by atoms with van der Waals surface area (Å²) in [5.74, 6) is 0.839. The van der Waals surface area contributed by atoms with Gasteiger partial charge in [0.2, 0.25) is 0 Å². The maximum absolute atomic E-state index is 13.2. The molecule has 0 atom stereocenters. The van der Waals surface area contributed by atoms with Gasteiger partial charge >= 0.3 is 5.97 Å². The van der Waals surface area contributed by atoms with Crippen molar-refractivity contribution in [2.24, 2.45) is 0 Å². The summed E-state index contributed by atoms with van der Waals surface area (Å²) in [5, 5.41) is 0.538. The van der Waals surface area contributed by atoms with E-state index in [-0.39, 0.29) is 18.7 Å². The van der Waals surface area contributed by atoms with Crippen molar-refractivity contribution in [1.29, 1.82) is 0 Å². The standard InChI is InChI=1S/C20H22N2O4S/c1-5-25-15-9-7-14(8-10-15)17-12(3)27-19-18(17)20(24)22(13(4)21-19)11-16(23)26-6-2/h7-10H,5-6,11H2,1-4H3. The van der Waals surface area contributed by atoms with Crippen molar-refractivity contribution in [2.45, 2.75) is 34.2 Å². The molecule has 3 rings (SSSR count). The van der Waals surface area contributed by atoms with E-state index in [0.717, 1.165) is 21.8 Å². The van der Waals surface area contributed by atoms with E-state index in [1.54, 1.807) is 13.8 Å². The minimum atomic E-state index is -0.446. The molecule has 0 bridgehead atoms. The first kappa shape index (κ1) is 19.1. The predicted molar refractivity (Wildman–Crippen MR) is 107 cm³/mol. The number of rotatable bonds is 6. The van der Waals surface area contributed by atoms with Gasteiger partial charge in [-0.3, -0.25) is 14.2 Å². The maximum Gasteiger partial charge on any atom is 0.326 e. The highest BCUT2D eigenvalue weighted by molar-refractivity contribution is 7.19. The van der Waals surface area contributed by atoms with Crippen LogP contribution in [0.3, 0.4) is 0 Å². The number of aromatic nitrogens is 2. The minimum absolute atomic E-state index is 0.140. The molecular formula is C20H22N2O4S. The van der Waals surface area contributed by atoms with Gasteiger partial charge in [0.15, 0.2) is 0 Å². The van der Waals surface area contributed by atoms with Gasteiger partial charge in [0.25, 0.3) is 5.56 Å². The third kappa shape index (κ3) is 3.73. The van der Waals surface area contributed by atoms with Crippen molar-refractivity contribution in [3.8, 4) is 16.9 Å². The first-order chi connectivity index (χ1) is 13.0. The van der Waals surface area contributed by atoms with E-state index in [2.05, 4.69) is 4.98 Å². The Morgan fingerprint density at radius 3 is 2.48 bits per heavy atom. The summed E-state index contributed by atoms with van der Waals surface area (Å²) in [6.45, 7) is 8.11. The summed E-state index contributed by atoms with van der Waals surface area (Å²) < 4.78 is 11.9.